The highest BCUT2D eigenvalue weighted by molar-refractivity contribution is 9.10. The molecule has 0 spiro atoms. The molecule has 0 unspecified atom stereocenters. The monoisotopic (exact) mass is 860 g/mol. The van der Waals surface area contributed by atoms with E-state index in [2.05, 4.69) is 72.7 Å². The van der Waals surface area contributed by atoms with Crippen molar-refractivity contribution in [3.05, 3.63) is 91.5 Å². The number of hydrogen-bond donors (Lipinski definition) is 3. The van der Waals surface area contributed by atoms with Crippen LogP contribution in [0.5, 0.6) is 11.5 Å². The lowest BCUT2D eigenvalue weighted by molar-refractivity contribution is 0.0477. The van der Waals surface area contributed by atoms with Gasteiger partial charge in [-0.25, -0.2) is 29.5 Å². The predicted molar refractivity (Wildman–Crippen MR) is 201 cm³/mol. The molecule has 4 heterocycles. The molecule has 2 aromatic carbocycles. The van der Waals surface area contributed by atoms with Crippen molar-refractivity contribution >= 4 is 67.1 Å². The third kappa shape index (κ3) is 7.34. The summed E-state index contributed by atoms with van der Waals surface area (Å²) in [5.74, 6) is 0.419. The Labute approximate surface area is 323 Å². The number of anilines is 4. The lowest BCUT2D eigenvalue weighted by Gasteiger charge is -2.15. The van der Waals surface area contributed by atoms with Crippen LogP contribution in [-0.2, 0) is 30.4 Å². The Morgan fingerprint density at radius 3 is 1.69 bits per heavy atom. The molecule has 0 bridgehead atoms. The zero-order chi connectivity index (χ0) is 37.9. The number of rotatable bonds is 9. The zero-order valence-corrected chi connectivity index (χ0v) is 32.1. The van der Waals surface area contributed by atoms with E-state index in [4.69, 9.17) is 23.3 Å². The lowest BCUT2D eigenvalue weighted by atomic mass is 9.94. The molecule has 18 heteroatoms. The number of hydrogen-bond acceptors (Lipinski definition) is 15. The second-order valence-electron chi connectivity index (χ2n) is 11.8. The molecule has 0 saturated heterocycles. The number of aromatic nitrogens is 6. The Hall–Kier alpha value is -5.88. The summed E-state index contributed by atoms with van der Waals surface area (Å²) in [6, 6.07) is 11.2. The summed E-state index contributed by atoms with van der Waals surface area (Å²) in [6.45, 7) is 2.02. The number of nitrogens with one attached hydrogen (secondary N) is 2. The molecular formula is C36H30Br2N8O8. The number of ether oxygens (including phenoxy) is 3. The van der Waals surface area contributed by atoms with Crippen LogP contribution in [0.4, 0.5) is 23.3 Å². The number of fused-ring (bicyclic) bond motifs is 6. The van der Waals surface area contributed by atoms with E-state index >= 15 is 0 Å². The number of carboxylic acid groups (broad SMARTS) is 1. The van der Waals surface area contributed by atoms with E-state index in [0.717, 1.165) is 31.3 Å². The van der Waals surface area contributed by atoms with E-state index in [1.165, 1.54) is 0 Å². The van der Waals surface area contributed by atoms with Crippen LogP contribution in [0.25, 0.3) is 22.8 Å². The first-order valence-corrected chi connectivity index (χ1v) is 18.1. The molecule has 2 aliphatic carbocycles. The number of aryl methyl sites for hydroxylation is 2. The summed E-state index contributed by atoms with van der Waals surface area (Å²) in [7, 11) is 3.18. The summed E-state index contributed by atoms with van der Waals surface area (Å²) in [6.07, 6.45) is 5.95. The van der Waals surface area contributed by atoms with Crippen molar-refractivity contribution in [2.75, 3.05) is 31.5 Å². The number of carbonyl (C=O) groups is 2. The molecule has 8 rings (SSSR count). The van der Waals surface area contributed by atoms with Crippen molar-refractivity contribution in [3.8, 4) is 34.3 Å². The number of methoxy groups -OCH3 is 2. The molecular weight excluding hydrogens is 832 g/mol. The number of nitrogens with zero attached hydrogens (tertiary/aromatic N) is 6. The van der Waals surface area contributed by atoms with Gasteiger partial charge >= 0.3 is 11.9 Å². The summed E-state index contributed by atoms with van der Waals surface area (Å²) >= 11 is 6.82. The average molecular weight is 862 g/mol. The van der Waals surface area contributed by atoms with E-state index in [0.29, 0.717) is 83.1 Å². The lowest BCUT2D eigenvalue weighted by Crippen LogP contribution is -2.12. The van der Waals surface area contributed by atoms with Gasteiger partial charge in [-0.1, -0.05) is 42.2 Å². The second kappa shape index (κ2) is 15.6. The molecule has 4 aromatic heterocycles. The minimum atomic E-state index is -1.13. The number of carbonyl (C=O) groups excluding carboxylic acids is 1. The van der Waals surface area contributed by atoms with Crippen LogP contribution < -0.4 is 20.1 Å². The highest BCUT2D eigenvalue weighted by atomic mass is 79.9. The third-order valence-electron chi connectivity index (χ3n) is 8.52. The van der Waals surface area contributed by atoms with Gasteiger partial charge in [0.05, 0.1) is 32.2 Å². The van der Waals surface area contributed by atoms with E-state index in [1.807, 2.05) is 36.4 Å². The Morgan fingerprint density at radius 1 is 0.741 bits per heavy atom. The minimum Gasteiger partial charge on any atom is -0.495 e. The third-order valence-corrected chi connectivity index (χ3v) is 9.50. The largest absolute Gasteiger partial charge is 0.495 e. The first-order valence-electron chi connectivity index (χ1n) is 16.5. The van der Waals surface area contributed by atoms with Crippen LogP contribution in [-0.4, -0.2) is 68.1 Å². The molecule has 0 atom stereocenters. The van der Waals surface area contributed by atoms with Gasteiger partial charge in [0, 0.05) is 32.5 Å². The maximum atomic E-state index is 12.1. The van der Waals surface area contributed by atoms with Gasteiger partial charge in [0.25, 0.3) is 0 Å². The maximum Gasteiger partial charge on any atom is 0.377 e. The van der Waals surface area contributed by atoms with Crippen LogP contribution in [0.1, 0.15) is 50.3 Å². The van der Waals surface area contributed by atoms with Crippen LogP contribution in [0.3, 0.4) is 0 Å². The summed E-state index contributed by atoms with van der Waals surface area (Å²) in [5, 5.41) is 23.5. The normalized spacial score (nSPS) is 12.2. The standard InChI is InChI=1S/C19H17BrN4O4.C17H13BrN4O4/c1-3-27-18(25)17-12-6-4-10-9-21-19(23-15(10)16(12)24-28-17)22-13-7-5-11(20)8-14(13)26-2;1-25-12-6-9(18)3-5-11(12)20-17-19-7-8-2-4-10-14(13(8)21-17)22-26-15(10)16(23)24/h5,7-9H,3-4,6H2,1-2H3,(H,21,22,23);3,5-7H,2,4H2,1H3,(H,23,24)(H,19,20,21). The highest BCUT2D eigenvalue weighted by Gasteiger charge is 2.31. The molecule has 54 heavy (non-hydrogen) atoms. The van der Waals surface area contributed by atoms with Gasteiger partial charge in [-0.3, -0.25) is 0 Å². The van der Waals surface area contributed by atoms with Crippen molar-refractivity contribution in [3.63, 3.8) is 0 Å². The molecule has 0 amide bonds. The van der Waals surface area contributed by atoms with Gasteiger partial charge in [-0.15, -0.1) is 0 Å². The Kier molecular flexibility index (Phi) is 10.5. The molecule has 0 radical (unpaired) electrons. The number of halogens is 2. The Bertz CT molecular complexity index is 2400. The maximum absolute atomic E-state index is 12.1. The fourth-order valence-corrected chi connectivity index (χ4v) is 6.67. The van der Waals surface area contributed by atoms with E-state index < -0.39 is 11.9 Å². The fraction of sp³-hybridized carbons (Fsp3) is 0.222. The number of carboxylic acids is 1. The summed E-state index contributed by atoms with van der Waals surface area (Å²) < 4.78 is 27.8. The van der Waals surface area contributed by atoms with Crippen LogP contribution in [0, 0.1) is 0 Å². The van der Waals surface area contributed by atoms with Gasteiger partial charge < -0.3 is 39.0 Å². The molecule has 0 aliphatic heterocycles. The van der Waals surface area contributed by atoms with Crippen molar-refractivity contribution < 1.29 is 38.0 Å². The SMILES string of the molecule is CCOC(=O)c1onc2c1CCc1cnc(Nc3ccc(Br)cc3OC)nc1-2.COc1cc(Br)ccc1Nc1ncc2c(n1)-c1noc(C(=O)O)c1CC2. The fourth-order valence-electron chi connectivity index (χ4n) is 5.99. The Morgan fingerprint density at radius 2 is 1.22 bits per heavy atom. The van der Waals surface area contributed by atoms with Crippen molar-refractivity contribution in [2.45, 2.75) is 32.6 Å². The molecule has 0 fully saturated rings. The zero-order valence-electron chi connectivity index (χ0n) is 28.9. The average Bonchev–Trinajstić information content (AvgIpc) is 3.82. The molecule has 16 nitrogen and oxygen atoms in total. The smallest absolute Gasteiger partial charge is 0.377 e. The van der Waals surface area contributed by atoms with Gasteiger partial charge in [0.1, 0.15) is 34.3 Å². The Balaban J connectivity index is 0.000000167. The van der Waals surface area contributed by atoms with Crippen LogP contribution >= 0.6 is 31.9 Å². The van der Waals surface area contributed by atoms with Crippen molar-refractivity contribution in [2.24, 2.45) is 0 Å². The molecule has 3 N–H and O–H groups in total. The first kappa shape index (κ1) is 36.5. The highest BCUT2D eigenvalue weighted by Crippen LogP contribution is 2.37. The number of benzene rings is 2. The molecule has 6 aromatic rings. The molecule has 2 aliphatic rings. The second-order valence-corrected chi connectivity index (χ2v) is 13.6. The van der Waals surface area contributed by atoms with E-state index in [9.17, 15) is 14.7 Å². The minimum absolute atomic E-state index is 0.131. The molecule has 276 valence electrons. The quantitative estimate of drug-likeness (QED) is 0.121. The number of esters is 1. The van der Waals surface area contributed by atoms with Crippen molar-refractivity contribution in [1.29, 1.82) is 0 Å². The van der Waals surface area contributed by atoms with Crippen LogP contribution in [0.15, 0.2) is 66.8 Å². The predicted octanol–water partition coefficient (Wildman–Crippen LogP) is 7.36. The number of aromatic carboxylic acids is 1. The first-order chi connectivity index (χ1) is 26.2. The van der Waals surface area contributed by atoms with Gasteiger partial charge in [-0.2, -0.15) is 0 Å². The van der Waals surface area contributed by atoms with E-state index in [1.54, 1.807) is 33.5 Å². The van der Waals surface area contributed by atoms with Crippen LogP contribution in [0.2, 0.25) is 0 Å². The topological polar surface area (TPSA) is 210 Å². The molecule has 0 saturated carbocycles. The van der Waals surface area contributed by atoms with Gasteiger partial charge in [0.15, 0.2) is 0 Å². The van der Waals surface area contributed by atoms with Gasteiger partial charge in [0.2, 0.25) is 23.4 Å². The van der Waals surface area contributed by atoms with E-state index in [-0.39, 0.29) is 18.1 Å². The summed E-state index contributed by atoms with van der Waals surface area (Å²) in [5.41, 5.74) is 6.81. The van der Waals surface area contributed by atoms with Gasteiger partial charge in [-0.05, 0) is 80.1 Å². The summed E-state index contributed by atoms with van der Waals surface area (Å²) in [4.78, 5) is 41.2. The van der Waals surface area contributed by atoms with Crippen molar-refractivity contribution in [1.82, 2.24) is 30.2 Å².